The Hall–Kier alpha value is -3.35. The van der Waals surface area contributed by atoms with E-state index in [2.05, 4.69) is 20.6 Å². The molecule has 0 radical (unpaired) electrons. The van der Waals surface area contributed by atoms with Crippen molar-refractivity contribution in [2.24, 2.45) is 0 Å². The molecule has 3 rings (SSSR count). The molecule has 0 unspecified atom stereocenters. The average molecular weight is 419 g/mol. The predicted octanol–water partition coefficient (Wildman–Crippen LogP) is -1.53. The summed E-state index contributed by atoms with van der Waals surface area (Å²) in [5, 5.41) is 49.5. The molecular formula is C18H21N5O7. The van der Waals surface area contributed by atoms with Crippen LogP contribution in [0.1, 0.15) is 13.0 Å². The highest BCUT2D eigenvalue weighted by Gasteiger charge is 2.44. The normalized spacial score (nSPS) is 23.1. The van der Waals surface area contributed by atoms with E-state index >= 15 is 0 Å². The summed E-state index contributed by atoms with van der Waals surface area (Å²) in [6, 6.07) is 3.26. The van der Waals surface area contributed by atoms with Crippen molar-refractivity contribution in [1.82, 2.24) is 25.3 Å². The fraction of sp³-hybridized carbons (Fsp3) is 0.389. The van der Waals surface area contributed by atoms with Gasteiger partial charge in [0.25, 0.3) is 0 Å². The van der Waals surface area contributed by atoms with E-state index < -0.39 is 54.6 Å². The standard InChI is InChI=1S/C18H21N5O7/c1-9(25)20-15-12(23-7-11(21-22-23)10-4-2-3-5-19-10)6-14(18(28)29)30-17(15)16(27)13(26)8-24/h2-7,12-13,15-17,24,26-27H,8H2,1H3,(H,20,25)(H,28,29)/t12-,13+,15+,16+,17+/m0/s1. The van der Waals surface area contributed by atoms with E-state index in [0.717, 1.165) is 0 Å². The van der Waals surface area contributed by atoms with Crippen molar-refractivity contribution in [3.63, 3.8) is 0 Å². The zero-order valence-corrected chi connectivity index (χ0v) is 15.9. The van der Waals surface area contributed by atoms with E-state index in [0.29, 0.717) is 11.4 Å². The largest absolute Gasteiger partial charge is 0.478 e. The lowest BCUT2D eigenvalue weighted by molar-refractivity contribution is -0.147. The number of aromatic nitrogens is 4. The number of hydrogen-bond donors (Lipinski definition) is 5. The van der Waals surface area contributed by atoms with Gasteiger partial charge in [0.05, 0.1) is 30.6 Å². The van der Waals surface area contributed by atoms with Gasteiger partial charge in [-0.1, -0.05) is 11.3 Å². The topological polar surface area (TPSA) is 180 Å². The van der Waals surface area contributed by atoms with Gasteiger partial charge in [-0.3, -0.25) is 9.78 Å². The predicted molar refractivity (Wildman–Crippen MR) is 99.6 cm³/mol. The van der Waals surface area contributed by atoms with E-state index in [1.54, 1.807) is 24.4 Å². The maximum Gasteiger partial charge on any atom is 0.370 e. The first-order valence-electron chi connectivity index (χ1n) is 9.01. The van der Waals surface area contributed by atoms with Crippen LogP contribution in [-0.2, 0) is 14.3 Å². The quantitative estimate of drug-likeness (QED) is 0.353. The highest BCUT2D eigenvalue weighted by Crippen LogP contribution is 2.30. The molecule has 2 aromatic heterocycles. The third-order valence-corrected chi connectivity index (χ3v) is 4.55. The molecule has 12 heteroatoms. The van der Waals surface area contributed by atoms with Crippen molar-refractivity contribution in [1.29, 1.82) is 0 Å². The number of carboxylic acid groups (broad SMARTS) is 1. The van der Waals surface area contributed by atoms with E-state index in [1.807, 2.05) is 0 Å². The second-order valence-corrected chi connectivity index (χ2v) is 6.67. The molecule has 5 N–H and O–H groups in total. The molecule has 0 saturated heterocycles. The summed E-state index contributed by atoms with van der Waals surface area (Å²) in [5.41, 5.74) is 0.933. The molecule has 12 nitrogen and oxygen atoms in total. The molecule has 0 spiro atoms. The van der Waals surface area contributed by atoms with Crippen LogP contribution in [0.2, 0.25) is 0 Å². The van der Waals surface area contributed by atoms with Crippen molar-refractivity contribution in [3.8, 4) is 11.4 Å². The van der Waals surface area contributed by atoms with Gasteiger partial charge in [-0.15, -0.1) is 5.10 Å². The molecule has 3 heterocycles. The molecule has 5 atom stereocenters. The number of carbonyl (C=O) groups excluding carboxylic acids is 1. The molecule has 0 bridgehead atoms. The molecule has 0 aliphatic carbocycles. The second kappa shape index (κ2) is 8.98. The van der Waals surface area contributed by atoms with Crippen LogP contribution in [0.3, 0.4) is 0 Å². The minimum Gasteiger partial charge on any atom is -0.478 e. The number of nitrogens with one attached hydrogen (secondary N) is 1. The number of pyridine rings is 1. The van der Waals surface area contributed by atoms with Crippen molar-refractivity contribution in [2.75, 3.05) is 6.61 Å². The Kier molecular flexibility index (Phi) is 6.40. The number of nitrogens with zero attached hydrogens (tertiary/aromatic N) is 4. The smallest absolute Gasteiger partial charge is 0.370 e. The Morgan fingerprint density at radius 3 is 2.67 bits per heavy atom. The number of aliphatic hydroxyl groups excluding tert-OH is 3. The van der Waals surface area contributed by atoms with Crippen molar-refractivity contribution in [2.45, 2.75) is 37.3 Å². The number of ether oxygens (including phenoxy) is 1. The summed E-state index contributed by atoms with van der Waals surface area (Å²) in [4.78, 5) is 27.5. The van der Waals surface area contributed by atoms with Crippen LogP contribution < -0.4 is 5.32 Å². The number of amides is 1. The van der Waals surface area contributed by atoms with Gasteiger partial charge in [-0.05, 0) is 18.2 Å². The molecule has 0 aromatic carbocycles. The van der Waals surface area contributed by atoms with Gasteiger partial charge in [0.1, 0.15) is 24.0 Å². The summed E-state index contributed by atoms with van der Waals surface area (Å²) < 4.78 is 6.65. The van der Waals surface area contributed by atoms with Gasteiger partial charge in [0.15, 0.2) is 0 Å². The Morgan fingerprint density at radius 2 is 2.07 bits per heavy atom. The van der Waals surface area contributed by atoms with E-state index in [4.69, 9.17) is 4.74 Å². The molecule has 1 aliphatic rings. The minimum atomic E-state index is -1.70. The third kappa shape index (κ3) is 4.45. The molecule has 30 heavy (non-hydrogen) atoms. The van der Waals surface area contributed by atoms with Crippen LogP contribution >= 0.6 is 0 Å². The van der Waals surface area contributed by atoms with E-state index in [9.17, 15) is 30.0 Å². The maximum absolute atomic E-state index is 11.8. The fourth-order valence-corrected chi connectivity index (χ4v) is 3.14. The van der Waals surface area contributed by atoms with Crippen LogP contribution in [0.25, 0.3) is 11.4 Å². The summed E-state index contributed by atoms with van der Waals surface area (Å²) in [7, 11) is 0. The average Bonchev–Trinajstić information content (AvgIpc) is 3.23. The maximum atomic E-state index is 11.8. The number of aliphatic carboxylic acids is 1. The summed E-state index contributed by atoms with van der Waals surface area (Å²) in [5.74, 6) is -2.41. The highest BCUT2D eigenvalue weighted by molar-refractivity contribution is 5.84. The second-order valence-electron chi connectivity index (χ2n) is 6.67. The van der Waals surface area contributed by atoms with Crippen LogP contribution in [0.15, 0.2) is 42.4 Å². The van der Waals surface area contributed by atoms with Gasteiger partial charge >= 0.3 is 5.97 Å². The third-order valence-electron chi connectivity index (χ3n) is 4.55. The molecule has 160 valence electrons. The van der Waals surface area contributed by atoms with Crippen LogP contribution in [-0.4, -0.2) is 83.2 Å². The first kappa shape index (κ1) is 21.4. The lowest BCUT2D eigenvalue weighted by atomic mass is 9.92. The van der Waals surface area contributed by atoms with E-state index in [-0.39, 0.29) is 0 Å². The fourth-order valence-electron chi connectivity index (χ4n) is 3.14. The highest BCUT2D eigenvalue weighted by atomic mass is 16.5. The first-order valence-corrected chi connectivity index (χ1v) is 9.01. The van der Waals surface area contributed by atoms with Gasteiger partial charge < -0.3 is 30.5 Å². The lowest BCUT2D eigenvalue weighted by Crippen LogP contribution is -2.58. The summed E-state index contributed by atoms with van der Waals surface area (Å²) in [6.45, 7) is 0.442. The number of aliphatic hydroxyl groups is 3. The Labute approximate surface area is 170 Å². The minimum absolute atomic E-state index is 0.404. The van der Waals surface area contributed by atoms with Crippen LogP contribution in [0.5, 0.6) is 0 Å². The molecule has 0 saturated carbocycles. The summed E-state index contributed by atoms with van der Waals surface area (Å²) >= 11 is 0. The molecule has 0 fully saturated rings. The van der Waals surface area contributed by atoms with Crippen LogP contribution in [0, 0.1) is 0 Å². The van der Waals surface area contributed by atoms with Crippen molar-refractivity contribution < 1.29 is 34.8 Å². The SMILES string of the molecule is CC(=O)N[C@H]1[C@H]([C@H](O)[C@H](O)CO)OC(C(=O)O)=C[C@@H]1n1cc(-c2ccccn2)nn1. The Bertz CT molecular complexity index is 932. The molecule has 1 amide bonds. The molecule has 2 aromatic rings. The van der Waals surface area contributed by atoms with Crippen LogP contribution in [0.4, 0.5) is 0 Å². The number of carbonyl (C=O) groups is 2. The zero-order chi connectivity index (χ0) is 21.8. The Morgan fingerprint density at radius 1 is 1.30 bits per heavy atom. The van der Waals surface area contributed by atoms with Crippen molar-refractivity contribution in [3.05, 3.63) is 42.4 Å². The monoisotopic (exact) mass is 419 g/mol. The number of hydrogen-bond acceptors (Lipinski definition) is 9. The number of rotatable bonds is 7. The first-order chi connectivity index (χ1) is 14.3. The molecular weight excluding hydrogens is 398 g/mol. The molecule has 1 aliphatic heterocycles. The van der Waals surface area contributed by atoms with Gasteiger partial charge in [0, 0.05) is 13.1 Å². The number of carboxylic acids is 1. The van der Waals surface area contributed by atoms with Gasteiger partial charge in [0.2, 0.25) is 11.7 Å². The van der Waals surface area contributed by atoms with Gasteiger partial charge in [-0.25, -0.2) is 9.48 Å². The van der Waals surface area contributed by atoms with Gasteiger partial charge in [-0.2, -0.15) is 0 Å². The lowest BCUT2D eigenvalue weighted by Gasteiger charge is -2.39. The van der Waals surface area contributed by atoms with Crippen molar-refractivity contribution >= 4 is 11.9 Å². The van der Waals surface area contributed by atoms with E-state index in [1.165, 1.54) is 23.9 Å². The Balaban J connectivity index is 2.04. The summed E-state index contributed by atoms with van der Waals surface area (Å²) in [6.07, 6.45) is -0.409. The zero-order valence-electron chi connectivity index (χ0n) is 15.9.